The molecule has 0 unspecified atom stereocenters. The molecule has 43 heavy (non-hydrogen) atoms. The van der Waals surface area contributed by atoms with Gasteiger partial charge in [0.1, 0.15) is 5.75 Å². The SMILES string of the molecule is CCCCCCCCCCCCCCCCOc1ccc([S+](c2ccccc2)c2ccccc2)cc1.[F][Sb-]([F])([F])([F])([F])[F]. The van der Waals surface area contributed by atoms with E-state index in [1.807, 2.05) is 0 Å². The third-order valence-electron chi connectivity index (χ3n) is 6.78. The van der Waals surface area contributed by atoms with Gasteiger partial charge in [-0.1, -0.05) is 127 Å². The first-order valence-corrected chi connectivity index (χ1v) is 22.5. The van der Waals surface area contributed by atoms with Gasteiger partial charge in [-0.3, -0.25) is 0 Å². The molecule has 1 nitrogen and oxygen atoms in total. The van der Waals surface area contributed by atoms with Gasteiger partial charge in [0.2, 0.25) is 0 Å². The van der Waals surface area contributed by atoms with Crippen LogP contribution in [-0.4, -0.2) is 26.1 Å². The second-order valence-electron chi connectivity index (χ2n) is 10.8. The zero-order valence-corrected chi connectivity index (χ0v) is 28.6. The van der Waals surface area contributed by atoms with E-state index in [9.17, 15) is 16.9 Å². The molecular weight excluding hydrogens is 692 g/mol. The van der Waals surface area contributed by atoms with Crippen LogP contribution in [0.5, 0.6) is 5.75 Å². The molecule has 0 radical (unpaired) electrons. The number of halogens is 6. The molecule has 0 saturated heterocycles. The first-order valence-electron chi connectivity index (χ1n) is 15.5. The van der Waals surface area contributed by atoms with Gasteiger partial charge in [0.25, 0.3) is 0 Å². The molecule has 0 aliphatic carbocycles. The molecule has 3 rings (SSSR count). The first kappa shape index (κ1) is 37.4. The fourth-order valence-corrected chi connectivity index (χ4v) is 6.76. The summed E-state index contributed by atoms with van der Waals surface area (Å²) < 4.78 is 65.6. The van der Waals surface area contributed by atoms with Gasteiger partial charge in [0.15, 0.2) is 14.7 Å². The van der Waals surface area contributed by atoms with E-state index in [0.29, 0.717) is 0 Å². The molecule has 0 aromatic heterocycles. The second-order valence-corrected chi connectivity index (χ2v) is 18.3. The molecule has 0 fully saturated rings. The summed E-state index contributed by atoms with van der Waals surface area (Å²) in [5.41, 5.74) is 0. The van der Waals surface area contributed by atoms with Gasteiger partial charge < -0.3 is 4.74 Å². The third kappa shape index (κ3) is 20.7. The van der Waals surface area contributed by atoms with E-state index in [-0.39, 0.29) is 10.9 Å². The Morgan fingerprint density at radius 3 is 1.16 bits per heavy atom. The molecule has 3 aromatic rings. The average Bonchev–Trinajstić information content (AvgIpc) is 2.95. The molecule has 0 heterocycles. The van der Waals surface area contributed by atoms with E-state index >= 15 is 0 Å². The minimum atomic E-state index is -11.2. The van der Waals surface area contributed by atoms with Crippen LogP contribution in [0, 0.1) is 0 Å². The monoisotopic (exact) mass is 738 g/mol. The molecule has 0 aliphatic rings. The quantitative estimate of drug-likeness (QED) is 0.0515. The number of rotatable bonds is 19. The summed E-state index contributed by atoms with van der Waals surface area (Å²) in [6, 6.07) is 30.4. The summed E-state index contributed by atoms with van der Waals surface area (Å²) in [4.78, 5) is 4.02. The summed E-state index contributed by atoms with van der Waals surface area (Å²) in [5, 5.41) is 0. The Hall–Kier alpha value is -1.79. The molecule has 0 bridgehead atoms. The van der Waals surface area contributed by atoms with Crippen LogP contribution >= 0.6 is 0 Å². The Balaban J connectivity index is 0.000000821. The van der Waals surface area contributed by atoms with Crippen LogP contribution in [0.25, 0.3) is 0 Å². The van der Waals surface area contributed by atoms with Crippen molar-refractivity contribution in [3.8, 4) is 5.75 Å². The third-order valence-corrected chi connectivity index (χ3v) is 9.01. The van der Waals surface area contributed by atoms with Crippen molar-refractivity contribution >= 4 is 30.4 Å². The Labute approximate surface area is 259 Å². The van der Waals surface area contributed by atoms with Gasteiger partial charge in [0.05, 0.1) is 17.5 Å². The average molecular weight is 740 g/mol. The maximum atomic E-state index is 9.93. The van der Waals surface area contributed by atoms with Gasteiger partial charge in [0, 0.05) is 0 Å². The Morgan fingerprint density at radius 1 is 0.465 bits per heavy atom. The molecule has 0 aliphatic heterocycles. The van der Waals surface area contributed by atoms with Crippen LogP contribution < -0.4 is 4.74 Å². The Morgan fingerprint density at radius 2 is 0.791 bits per heavy atom. The van der Waals surface area contributed by atoms with Gasteiger partial charge in [-0.25, -0.2) is 0 Å². The van der Waals surface area contributed by atoms with Crippen molar-refractivity contribution in [3.05, 3.63) is 84.9 Å². The van der Waals surface area contributed by atoms with Crippen molar-refractivity contribution in [3.63, 3.8) is 0 Å². The Kier molecular flexibility index (Phi) is 15.9. The van der Waals surface area contributed by atoms with Crippen molar-refractivity contribution in [2.75, 3.05) is 6.61 Å². The zero-order chi connectivity index (χ0) is 31.5. The number of unbranched alkanes of at least 4 members (excludes halogenated alkanes) is 13. The maximum absolute atomic E-state index is 11.2. The van der Waals surface area contributed by atoms with E-state index in [2.05, 4.69) is 91.9 Å². The standard InChI is InChI=1S/C34H47OS.6FH.Sb/c1-2-3-4-5-6-7-8-9-10-11-12-13-14-21-30-35-31-26-28-34(29-27-31)36(32-22-17-15-18-23-32)33-24-19-16-20-25-33;;;;;;;/h15-20,22-29H,2-14,21,30H2,1H3;6*1H;/q+1;;;;;;;+5/p-6. The molecule has 0 saturated carbocycles. The number of benzene rings is 3. The summed E-state index contributed by atoms with van der Waals surface area (Å²) in [5.74, 6) is 0.984. The van der Waals surface area contributed by atoms with E-state index in [1.165, 1.54) is 98.2 Å². The van der Waals surface area contributed by atoms with Crippen LogP contribution in [-0.2, 0) is 10.9 Å². The molecule has 0 amide bonds. The van der Waals surface area contributed by atoms with E-state index in [4.69, 9.17) is 4.74 Å². The van der Waals surface area contributed by atoms with E-state index < -0.39 is 19.5 Å². The number of hydrogen-bond acceptors (Lipinski definition) is 1. The minimum absolute atomic E-state index is 0.0959. The Bertz CT molecular complexity index is 1080. The summed E-state index contributed by atoms with van der Waals surface area (Å²) >= 11 is -11.2. The topological polar surface area (TPSA) is 9.23 Å². The molecule has 0 atom stereocenters. The molecule has 0 N–H and O–H groups in total. The van der Waals surface area contributed by atoms with Crippen molar-refractivity contribution in [1.82, 2.24) is 0 Å². The van der Waals surface area contributed by atoms with E-state index in [1.54, 1.807) is 0 Å². The van der Waals surface area contributed by atoms with Gasteiger partial charge in [-0.05, 0) is 55.0 Å². The molecule has 242 valence electrons. The van der Waals surface area contributed by atoms with Crippen molar-refractivity contribution in [2.45, 2.75) is 112 Å². The van der Waals surface area contributed by atoms with Gasteiger partial charge in [-0.2, -0.15) is 0 Å². The van der Waals surface area contributed by atoms with E-state index in [0.717, 1.165) is 18.8 Å². The van der Waals surface area contributed by atoms with Crippen LogP contribution in [0.4, 0.5) is 16.9 Å². The number of ether oxygens (including phenoxy) is 1. The summed E-state index contributed by atoms with van der Waals surface area (Å²) in [7, 11) is -0.0959. The van der Waals surface area contributed by atoms with Crippen molar-refractivity contribution in [1.29, 1.82) is 0 Å². The van der Waals surface area contributed by atoms with Gasteiger partial charge in [-0.15, -0.1) is 0 Å². The summed E-state index contributed by atoms with van der Waals surface area (Å²) in [6.07, 6.45) is 19.4. The predicted molar refractivity (Wildman–Crippen MR) is 170 cm³/mol. The fourth-order valence-electron chi connectivity index (χ4n) is 4.68. The molecule has 3 aromatic carbocycles. The van der Waals surface area contributed by atoms with Gasteiger partial charge >= 0.3 is 36.4 Å². The zero-order valence-electron chi connectivity index (χ0n) is 25.2. The van der Waals surface area contributed by atoms with Crippen LogP contribution in [0.15, 0.2) is 99.6 Å². The van der Waals surface area contributed by atoms with Crippen molar-refractivity contribution < 1.29 is 21.6 Å². The van der Waals surface area contributed by atoms with Crippen LogP contribution in [0.3, 0.4) is 0 Å². The van der Waals surface area contributed by atoms with Crippen molar-refractivity contribution in [2.24, 2.45) is 0 Å². The second kappa shape index (κ2) is 18.2. The fraction of sp³-hybridized carbons (Fsp3) is 0.471. The molecule has 0 spiro atoms. The molecule has 9 heteroatoms. The number of hydrogen-bond donors (Lipinski definition) is 0. The summed E-state index contributed by atoms with van der Waals surface area (Å²) in [6.45, 7) is 3.11. The van der Waals surface area contributed by atoms with Crippen LogP contribution in [0.1, 0.15) is 96.8 Å². The normalized spacial score (nSPS) is 13.1. The predicted octanol–water partition coefficient (Wildman–Crippen LogP) is 12.8. The van der Waals surface area contributed by atoms with Crippen LogP contribution in [0.2, 0.25) is 0 Å². The molecular formula is C34H47F6OSSb. The first-order chi connectivity index (χ1) is 20.3.